The van der Waals surface area contributed by atoms with E-state index >= 15 is 0 Å². The minimum atomic E-state index is -0.459. The van der Waals surface area contributed by atoms with Crippen molar-refractivity contribution < 1.29 is 18.7 Å². The molecule has 0 aliphatic carbocycles. The van der Waals surface area contributed by atoms with Crippen LogP contribution in [-0.2, 0) is 11.3 Å². The average Bonchev–Trinajstić information content (AvgIpc) is 2.74. The second-order valence-electron chi connectivity index (χ2n) is 5.96. The quantitative estimate of drug-likeness (QED) is 0.596. The summed E-state index contributed by atoms with van der Waals surface area (Å²) in [6.45, 7) is 2.05. The Hall–Kier alpha value is -3.81. The van der Waals surface area contributed by atoms with Crippen molar-refractivity contribution in [3.63, 3.8) is 0 Å². The summed E-state index contributed by atoms with van der Waals surface area (Å²) in [6.07, 6.45) is 2.69. The number of hydrogen-bond acceptors (Lipinski definition) is 6. The van der Waals surface area contributed by atoms with Crippen LogP contribution in [0.15, 0.2) is 60.9 Å². The maximum Gasteiger partial charge on any atom is 0.340 e. The summed E-state index contributed by atoms with van der Waals surface area (Å²) < 4.78 is 18.7. The van der Waals surface area contributed by atoms with Gasteiger partial charge in [0.15, 0.2) is 0 Å². The predicted molar refractivity (Wildman–Crippen MR) is 105 cm³/mol. The lowest BCUT2D eigenvalue weighted by atomic mass is 10.2. The van der Waals surface area contributed by atoms with Gasteiger partial charge in [0.05, 0.1) is 23.4 Å². The molecule has 0 atom stereocenters. The monoisotopic (exact) mass is 394 g/mol. The van der Waals surface area contributed by atoms with Crippen LogP contribution in [0.2, 0.25) is 0 Å². The first kappa shape index (κ1) is 19.9. The molecule has 8 heteroatoms. The molecule has 7 nitrogen and oxygen atoms in total. The Labute approximate surface area is 167 Å². The summed E-state index contributed by atoms with van der Waals surface area (Å²) in [5.74, 6) is -1.05. The van der Waals surface area contributed by atoms with Gasteiger partial charge in [-0.05, 0) is 25.1 Å². The number of para-hydroxylation sites is 1. The van der Waals surface area contributed by atoms with E-state index in [1.807, 2.05) is 0 Å². The number of esters is 1. The number of carbonyl (C=O) groups excluding carboxylic acids is 2. The van der Waals surface area contributed by atoms with Gasteiger partial charge in [0.2, 0.25) is 5.95 Å². The maximum absolute atomic E-state index is 13.6. The zero-order valence-corrected chi connectivity index (χ0v) is 15.7. The number of rotatable bonds is 7. The Bertz CT molecular complexity index is 1010. The zero-order valence-electron chi connectivity index (χ0n) is 15.7. The minimum Gasteiger partial charge on any atom is -0.462 e. The Balaban J connectivity index is 1.66. The van der Waals surface area contributed by atoms with Gasteiger partial charge in [0.25, 0.3) is 5.91 Å². The van der Waals surface area contributed by atoms with Gasteiger partial charge in [0, 0.05) is 24.5 Å². The van der Waals surface area contributed by atoms with Gasteiger partial charge in [-0.1, -0.05) is 30.3 Å². The first-order valence-corrected chi connectivity index (χ1v) is 8.95. The van der Waals surface area contributed by atoms with E-state index in [0.29, 0.717) is 16.8 Å². The number of nitrogens with one attached hydrogen (secondary N) is 2. The third-order valence-corrected chi connectivity index (χ3v) is 3.98. The molecule has 2 aromatic carbocycles. The first-order chi connectivity index (χ1) is 14.1. The fourth-order valence-electron chi connectivity index (χ4n) is 2.53. The molecule has 3 aromatic rings. The number of benzene rings is 2. The van der Waals surface area contributed by atoms with Crippen molar-refractivity contribution in [2.45, 2.75) is 13.5 Å². The SMILES string of the molecule is CCOC(=O)c1ccccc1Nc1ncc(C(=O)NCc2ccccc2F)cn1. The molecule has 0 fully saturated rings. The normalized spacial score (nSPS) is 10.3. The molecule has 0 saturated carbocycles. The molecule has 3 rings (SSSR count). The number of nitrogens with zero attached hydrogens (tertiary/aromatic N) is 2. The van der Waals surface area contributed by atoms with E-state index in [9.17, 15) is 14.0 Å². The van der Waals surface area contributed by atoms with Gasteiger partial charge < -0.3 is 15.4 Å². The first-order valence-electron chi connectivity index (χ1n) is 8.95. The molecular formula is C21H19FN4O3. The molecule has 0 aliphatic heterocycles. The fourth-order valence-corrected chi connectivity index (χ4v) is 2.53. The molecule has 29 heavy (non-hydrogen) atoms. The molecule has 148 valence electrons. The highest BCUT2D eigenvalue weighted by molar-refractivity contribution is 5.96. The van der Waals surface area contributed by atoms with Crippen LogP contribution in [0.3, 0.4) is 0 Å². The molecule has 0 unspecified atom stereocenters. The second kappa shape index (κ2) is 9.41. The third kappa shape index (κ3) is 5.13. The van der Waals surface area contributed by atoms with Crippen molar-refractivity contribution in [1.82, 2.24) is 15.3 Å². The summed E-state index contributed by atoms with van der Waals surface area (Å²) in [7, 11) is 0. The molecule has 1 amide bonds. The third-order valence-electron chi connectivity index (χ3n) is 3.98. The predicted octanol–water partition coefficient (Wildman–Crippen LogP) is 3.47. The molecule has 0 radical (unpaired) electrons. The highest BCUT2D eigenvalue weighted by atomic mass is 19.1. The van der Waals surface area contributed by atoms with E-state index in [0.717, 1.165) is 0 Å². The number of aromatic nitrogens is 2. The lowest BCUT2D eigenvalue weighted by Crippen LogP contribution is -2.23. The van der Waals surface area contributed by atoms with Crippen molar-refractivity contribution in [2.75, 3.05) is 11.9 Å². The van der Waals surface area contributed by atoms with Crippen LogP contribution < -0.4 is 10.6 Å². The van der Waals surface area contributed by atoms with Crippen molar-refractivity contribution in [3.8, 4) is 0 Å². The van der Waals surface area contributed by atoms with E-state index < -0.39 is 11.9 Å². The molecule has 1 aromatic heterocycles. The van der Waals surface area contributed by atoms with E-state index in [1.165, 1.54) is 18.5 Å². The second-order valence-corrected chi connectivity index (χ2v) is 5.96. The van der Waals surface area contributed by atoms with E-state index in [4.69, 9.17) is 4.74 Å². The Kier molecular flexibility index (Phi) is 6.47. The number of anilines is 2. The van der Waals surface area contributed by atoms with Gasteiger partial charge in [0.1, 0.15) is 5.82 Å². The summed E-state index contributed by atoms with van der Waals surface area (Å²) in [6, 6.07) is 13.0. The van der Waals surface area contributed by atoms with Crippen LogP contribution >= 0.6 is 0 Å². The van der Waals surface area contributed by atoms with Crippen molar-refractivity contribution in [2.24, 2.45) is 0 Å². The molecule has 0 bridgehead atoms. The van der Waals surface area contributed by atoms with Gasteiger partial charge >= 0.3 is 5.97 Å². The van der Waals surface area contributed by atoms with Gasteiger partial charge in [-0.3, -0.25) is 4.79 Å². The fraction of sp³-hybridized carbons (Fsp3) is 0.143. The smallest absolute Gasteiger partial charge is 0.340 e. The number of ether oxygens (including phenoxy) is 1. The van der Waals surface area contributed by atoms with Crippen LogP contribution in [0.5, 0.6) is 0 Å². The van der Waals surface area contributed by atoms with Crippen LogP contribution in [0.1, 0.15) is 33.2 Å². The van der Waals surface area contributed by atoms with Crippen molar-refractivity contribution >= 4 is 23.5 Å². The topological polar surface area (TPSA) is 93.2 Å². The van der Waals surface area contributed by atoms with Crippen LogP contribution in [-0.4, -0.2) is 28.5 Å². The summed E-state index contributed by atoms with van der Waals surface area (Å²) in [5.41, 5.74) is 1.45. The number of halogens is 1. The summed E-state index contributed by atoms with van der Waals surface area (Å²) in [4.78, 5) is 32.5. The van der Waals surface area contributed by atoms with Crippen molar-refractivity contribution in [1.29, 1.82) is 0 Å². The van der Waals surface area contributed by atoms with Gasteiger partial charge in [-0.25, -0.2) is 19.2 Å². The largest absolute Gasteiger partial charge is 0.462 e. The molecule has 2 N–H and O–H groups in total. The van der Waals surface area contributed by atoms with Crippen molar-refractivity contribution in [3.05, 3.63) is 83.4 Å². The zero-order chi connectivity index (χ0) is 20.6. The molecule has 0 aliphatic rings. The van der Waals surface area contributed by atoms with E-state index in [-0.39, 0.29) is 30.5 Å². The van der Waals surface area contributed by atoms with Gasteiger partial charge in [-0.2, -0.15) is 0 Å². The Morgan fingerprint density at radius 1 is 1.03 bits per heavy atom. The van der Waals surface area contributed by atoms with Crippen LogP contribution in [0, 0.1) is 5.82 Å². The Morgan fingerprint density at radius 2 is 1.72 bits per heavy atom. The molecule has 0 saturated heterocycles. The van der Waals surface area contributed by atoms with E-state index in [2.05, 4.69) is 20.6 Å². The van der Waals surface area contributed by atoms with Crippen LogP contribution in [0.25, 0.3) is 0 Å². The Morgan fingerprint density at radius 3 is 2.45 bits per heavy atom. The lowest BCUT2D eigenvalue weighted by molar-refractivity contribution is 0.0527. The number of carbonyl (C=O) groups is 2. The molecule has 1 heterocycles. The molecule has 0 spiro atoms. The summed E-state index contributed by atoms with van der Waals surface area (Å²) >= 11 is 0. The van der Waals surface area contributed by atoms with Crippen LogP contribution in [0.4, 0.5) is 16.0 Å². The minimum absolute atomic E-state index is 0.0540. The summed E-state index contributed by atoms with van der Waals surface area (Å²) in [5, 5.41) is 5.56. The molecular weight excluding hydrogens is 375 g/mol. The standard InChI is InChI=1S/C21H19FN4O3/c1-2-29-20(28)16-8-4-6-10-18(16)26-21-24-12-15(13-25-21)19(27)23-11-14-7-3-5-9-17(14)22/h3-10,12-13H,2,11H2,1H3,(H,23,27)(H,24,25,26). The van der Waals surface area contributed by atoms with Gasteiger partial charge in [-0.15, -0.1) is 0 Å². The number of amides is 1. The highest BCUT2D eigenvalue weighted by Gasteiger charge is 2.13. The lowest BCUT2D eigenvalue weighted by Gasteiger charge is -2.10. The van der Waals surface area contributed by atoms with E-state index in [1.54, 1.807) is 49.4 Å². The maximum atomic E-state index is 13.6. The highest BCUT2D eigenvalue weighted by Crippen LogP contribution is 2.19. The average molecular weight is 394 g/mol. The number of hydrogen-bond donors (Lipinski definition) is 2.